The van der Waals surface area contributed by atoms with Gasteiger partial charge in [0.15, 0.2) is 0 Å². The number of nitrogens with one attached hydrogen (secondary N) is 1. The van der Waals surface area contributed by atoms with Gasteiger partial charge in [0.2, 0.25) is 10.0 Å². The zero-order valence-electron chi connectivity index (χ0n) is 11.3. The lowest BCUT2D eigenvalue weighted by molar-refractivity contribution is 0.392. The van der Waals surface area contributed by atoms with Gasteiger partial charge in [-0.25, -0.2) is 13.1 Å². The fourth-order valence-corrected chi connectivity index (χ4v) is 2.71. The average Bonchev–Trinajstić information content (AvgIpc) is 2.43. The quantitative estimate of drug-likeness (QED) is 0.771. The van der Waals surface area contributed by atoms with Crippen LogP contribution >= 0.6 is 0 Å². The van der Waals surface area contributed by atoms with Crippen molar-refractivity contribution in [3.8, 4) is 11.5 Å². The van der Waals surface area contributed by atoms with Crippen LogP contribution in [-0.4, -0.2) is 35.2 Å². The molecule has 6 nitrogen and oxygen atoms in total. The van der Waals surface area contributed by atoms with Gasteiger partial charge in [-0.2, -0.15) is 0 Å². The second-order valence-electron chi connectivity index (χ2n) is 4.04. The zero-order valence-corrected chi connectivity index (χ0v) is 12.2. The van der Waals surface area contributed by atoms with E-state index in [2.05, 4.69) is 4.72 Å². The van der Waals surface area contributed by atoms with Crippen LogP contribution in [0.1, 0.15) is 13.3 Å². The molecule has 7 heteroatoms. The maximum atomic E-state index is 12.2. The van der Waals surface area contributed by atoms with Gasteiger partial charge in [0.05, 0.1) is 14.2 Å². The minimum atomic E-state index is -3.68. The van der Waals surface area contributed by atoms with Crippen LogP contribution < -0.4 is 19.9 Å². The van der Waals surface area contributed by atoms with Gasteiger partial charge < -0.3 is 15.2 Å². The van der Waals surface area contributed by atoms with E-state index in [0.29, 0.717) is 12.2 Å². The van der Waals surface area contributed by atoms with Gasteiger partial charge in [-0.15, -0.1) is 0 Å². The fourth-order valence-electron chi connectivity index (χ4n) is 1.43. The Kier molecular flexibility index (Phi) is 5.59. The summed E-state index contributed by atoms with van der Waals surface area (Å²) in [5.41, 5.74) is 5.70. The molecule has 0 spiro atoms. The summed E-state index contributed by atoms with van der Waals surface area (Å²) in [7, 11) is -0.790. The number of hydrogen-bond donors (Lipinski definition) is 2. The first-order chi connectivity index (χ1) is 8.94. The summed E-state index contributed by atoms with van der Waals surface area (Å²) in [5.74, 6) is 0.708. The van der Waals surface area contributed by atoms with Crippen molar-refractivity contribution in [3.63, 3.8) is 0 Å². The first-order valence-electron chi connectivity index (χ1n) is 5.91. The Morgan fingerprint density at radius 3 is 2.53 bits per heavy atom. The van der Waals surface area contributed by atoms with E-state index >= 15 is 0 Å². The fraction of sp³-hybridized carbons (Fsp3) is 0.500. The van der Waals surface area contributed by atoms with Gasteiger partial charge in [0.25, 0.3) is 0 Å². The van der Waals surface area contributed by atoms with Crippen LogP contribution in [0, 0.1) is 0 Å². The minimum Gasteiger partial charge on any atom is -0.497 e. The number of benzene rings is 1. The molecule has 19 heavy (non-hydrogen) atoms. The third-order valence-electron chi connectivity index (χ3n) is 2.72. The van der Waals surface area contributed by atoms with Crippen molar-refractivity contribution < 1.29 is 17.9 Å². The Morgan fingerprint density at radius 1 is 1.32 bits per heavy atom. The molecule has 0 aliphatic heterocycles. The van der Waals surface area contributed by atoms with E-state index in [1.807, 2.05) is 6.92 Å². The van der Waals surface area contributed by atoms with Crippen LogP contribution in [-0.2, 0) is 10.0 Å². The lowest BCUT2D eigenvalue weighted by atomic mass is 10.2. The van der Waals surface area contributed by atoms with Crippen molar-refractivity contribution in [1.29, 1.82) is 0 Å². The highest BCUT2D eigenvalue weighted by Gasteiger charge is 2.20. The number of hydrogen-bond acceptors (Lipinski definition) is 5. The first kappa shape index (κ1) is 15.7. The van der Waals surface area contributed by atoms with E-state index in [4.69, 9.17) is 15.2 Å². The molecule has 0 saturated heterocycles. The maximum Gasteiger partial charge on any atom is 0.244 e. The van der Waals surface area contributed by atoms with Crippen LogP contribution in [0.3, 0.4) is 0 Å². The average molecular weight is 288 g/mol. The predicted octanol–water partition coefficient (Wildman–Crippen LogP) is 0.719. The van der Waals surface area contributed by atoms with Crippen LogP contribution in [0.5, 0.6) is 11.5 Å². The SMILES string of the molecule is CCC(N)CNS(=O)(=O)c1cc(OC)ccc1OC. The van der Waals surface area contributed by atoms with Gasteiger partial charge in [-0.1, -0.05) is 6.92 Å². The molecule has 3 N–H and O–H groups in total. The standard InChI is InChI=1S/C12H20N2O4S/c1-4-9(13)8-14-19(15,16)12-7-10(17-2)5-6-11(12)18-3/h5-7,9,14H,4,8,13H2,1-3H3. The minimum absolute atomic E-state index is 0.0395. The summed E-state index contributed by atoms with van der Waals surface area (Å²) in [6.45, 7) is 2.07. The van der Waals surface area contributed by atoms with Crippen molar-refractivity contribution in [1.82, 2.24) is 4.72 Å². The number of sulfonamides is 1. The van der Waals surface area contributed by atoms with Crippen molar-refractivity contribution >= 4 is 10.0 Å². The third-order valence-corrected chi connectivity index (χ3v) is 4.17. The normalized spacial score (nSPS) is 13.1. The Morgan fingerprint density at radius 2 is 2.00 bits per heavy atom. The summed E-state index contributed by atoms with van der Waals surface area (Å²) < 4.78 is 36.9. The predicted molar refractivity (Wildman–Crippen MR) is 73.0 cm³/mol. The molecule has 0 amide bonds. The topological polar surface area (TPSA) is 90.7 Å². The van der Waals surface area contributed by atoms with E-state index in [0.717, 1.165) is 0 Å². The Bertz CT molecular complexity index is 516. The van der Waals surface area contributed by atoms with Crippen LogP contribution in [0.4, 0.5) is 0 Å². The second-order valence-corrected chi connectivity index (χ2v) is 5.77. The molecule has 0 radical (unpaired) electrons. The molecule has 0 bridgehead atoms. The summed E-state index contributed by atoms with van der Waals surface area (Å²) >= 11 is 0. The number of rotatable bonds is 7. The summed E-state index contributed by atoms with van der Waals surface area (Å²) in [6, 6.07) is 4.38. The molecule has 0 fully saturated rings. The number of nitrogens with two attached hydrogens (primary N) is 1. The smallest absolute Gasteiger partial charge is 0.244 e. The van der Waals surface area contributed by atoms with Gasteiger partial charge in [-0.05, 0) is 18.6 Å². The Balaban J connectivity index is 3.05. The molecular formula is C12H20N2O4S. The molecule has 108 valence electrons. The van der Waals surface area contributed by atoms with Gasteiger partial charge >= 0.3 is 0 Å². The van der Waals surface area contributed by atoms with Crippen LogP contribution in [0.2, 0.25) is 0 Å². The Labute approximate surface area is 113 Å². The van der Waals surface area contributed by atoms with Crippen molar-refractivity contribution in [2.45, 2.75) is 24.3 Å². The molecule has 0 aliphatic carbocycles. The number of ether oxygens (including phenoxy) is 2. The molecule has 0 saturated carbocycles. The third kappa shape index (κ3) is 4.09. The molecule has 1 aromatic carbocycles. The summed E-state index contributed by atoms with van der Waals surface area (Å²) in [5, 5.41) is 0. The molecule has 1 atom stereocenters. The van der Waals surface area contributed by atoms with Gasteiger partial charge in [-0.3, -0.25) is 0 Å². The molecule has 0 heterocycles. The zero-order chi connectivity index (χ0) is 14.5. The maximum absolute atomic E-state index is 12.2. The van der Waals surface area contributed by atoms with E-state index in [-0.39, 0.29) is 23.2 Å². The lowest BCUT2D eigenvalue weighted by Crippen LogP contribution is -2.36. The van der Waals surface area contributed by atoms with E-state index < -0.39 is 10.0 Å². The Hall–Kier alpha value is -1.31. The molecule has 0 aliphatic rings. The van der Waals surface area contributed by atoms with Gasteiger partial charge in [0, 0.05) is 18.7 Å². The van der Waals surface area contributed by atoms with E-state index in [9.17, 15) is 8.42 Å². The largest absolute Gasteiger partial charge is 0.497 e. The number of methoxy groups -OCH3 is 2. The van der Waals surface area contributed by atoms with E-state index in [1.54, 1.807) is 12.1 Å². The highest BCUT2D eigenvalue weighted by atomic mass is 32.2. The summed E-state index contributed by atoms with van der Waals surface area (Å²) in [4.78, 5) is 0.0395. The molecule has 1 rings (SSSR count). The molecular weight excluding hydrogens is 268 g/mol. The monoisotopic (exact) mass is 288 g/mol. The van der Waals surface area contributed by atoms with Crippen molar-refractivity contribution in [2.24, 2.45) is 5.73 Å². The van der Waals surface area contributed by atoms with Crippen LogP contribution in [0.25, 0.3) is 0 Å². The molecule has 1 unspecified atom stereocenters. The first-order valence-corrected chi connectivity index (χ1v) is 7.40. The van der Waals surface area contributed by atoms with Crippen molar-refractivity contribution in [3.05, 3.63) is 18.2 Å². The van der Waals surface area contributed by atoms with Crippen LogP contribution in [0.15, 0.2) is 23.1 Å². The summed E-state index contributed by atoms with van der Waals surface area (Å²) in [6.07, 6.45) is 0.692. The lowest BCUT2D eigenvalue weighted by Gasteiger charge is -2.14. The van der Waals surface area contributed by atoms with Crippen molar-refractivity contribution in [2.75, 3.05) is 20.8 Å². The van der Waals surface area contributed by atoms with Gasteiger partial charge in [0.1, 0.15) is 16.4 Å². The molecule has 1 aromatic rings. The highest BCUT2D eigenvalue weighted by molar-refractivity contribution is 7.89. The van der Waals surface area contributed by atoms with E-state index in [1.165, 1.54) is 20.3 Å². The highest BCUT2D eigenvalue weighted by Crippen LogP contribution is 2.27. The second kappa shape index (κ2) is 6.74. The molecule has 0 aromatic heterocycles.